The van der Waals surface area contributed by atoms with Crippen LogP contribution in [0.5, 0.6) is 23.0 Å². The number of ketones is 2. The van der Waals surface area contributed by atoms with Crippen LogP contribution in [0.4, 0.5) is 0 Å². The Hall–Kier alpha value is -4.00. The van der Waals surface area contributed by atoms with Gasteiger partial charge in [0.15, 0.2) is 28.8 Å². The van der Waals surface area contributed by atoms with E-state index in [2.05, 4.69) is 0 Å². The van der Waals surface area contributed by atoms with Gasteiger partial charge in [0.25, 0.3) is 0 Å². The molecule has 0 radical (unpaired) electrons. The first-order valence-electron chi connectivity index (χ1n) is 8.67. The van der Waals surface area contributed by atoms with Crippen molar-refractivity contribution in [3.8, 4) is 23.0 Å². The van der Waals surface area contributed by atoms with E-state index in [0.717, 1.165) is 0 Å². The maximum Gasteiger partial charge on any atom is 0.225 e. The summed E-state index contributed by atoms with van der Waals surface area (Å²) in [6.07, 6.45) is 5.77. The van der Waals surface area contributed by atoms with Crippen LogP contribution in [0.2, 0.25) is 0 Å². The third-order valence-electron chi connectivity index (χ3n) is 4.92. The van der Waals surface area contributed by atoms with Crippen molar-refractivity contribution >= 4 is 23.7 Å². The fourth-order valence-electron chi connectivity index (χ4n) is 3.54. The van der Waals surface area contributed by atoms with E-state index in [1.807, 2.05) is 0 Å². The fourth-order valence-corrected chi connectivity index (χ4v) is 3.54. The van der Waals surface area contributed by atoms with Crippen molar-refractivity contribution in [3.05, 3.63) is 70.5 Å². The number of aromatic hydroxyl groups is 4. The molecule has 0 saturated carbocycles. The number of carbonyl (C=O) groups is 2. The third kappa shape index (κ3) is 2.75. The molecule has 29 heavy (non-hydrogen) atoms. The minimum Gasteiger partial charge on any atom is -0.504 e. The zero-order valence-electron chi connectivity index (χ0n) is 15.2. The van der Waals surface area contributed by atoms with Crippen LogP contribution >= 0.6 is 0 Å². The van der Waals surface area contributed by atoms with Crippen molar-refractivity contribution in [2.75, 3.05) is 0 Å². The summed E-state index contributed by atoms with van der Waals surface area (Å²) in [5.41, 5.74) is -0.395. The minimum atomic E-state index is -1.72. The Morgan fingerprint density at radius 1 is 0.931 bits per heavy atom. The summed E-state index contributed by atoms with van der Waals surface area (Å²) in [6, 6.07) is 6.71. The van der Waals surface area contributed by atoms with Crippen LogP contribution in [0.15, 0.2) is 53.8 Å². The minimum absolute atomic E-state index is 0.101. The lowest BCUT2D eigenvalue weighted by atomic mass is 9.85. The number of Topliss-reactive ketones (excluding diaryl/α,β-unsaturated/α-hetero) is 1. The molecular weight excluding hydrogens is 376 g/mol. The topological polar surface area (TPSA) is 124 Å². The molecular formula is C22H16O7. The summed E-state index contributed by atoms with van der Waals surface area (Å²) in [5, 5.41) is 38.6. The van der Waals surface area contributed by atoms with E-state index in [0.29, 0.717) is 11.1 Å². The van der Waals surface area contributed by atoms with E-state index in [4.69, 9.17) is 4.74 Å². The summed E-state index contributed by atoms with van der Waals surface area (Å²) >= 11 is 0. The molecule has 7 heteroatoms. The van der Waals surface area contributed by atoms with E-state index in [1.54, 1.807) is 12.1 Å². The molecule has 1 atom stereocenters. The first kappa shape index (κ1) is 18.4. The molecule has 0 bridgehead atoms. The van der Waals surface area contributed by atoms with Crippen LogP contribution in [-0.2, 0) is 19.9 Å². The number of rotatable bonds is 3. The Balaban J connectivity index is 1.73. The summed E-state index contributed by atoms with van der Waals surface area (Å²) in [7, 11) is 0. The van der Waals surface area contributed by atoms with E-state index in [-0.39, 0.29) is 39.9 Å². The highest BCUT2D eigenvalue weighted by Gasteiger charge is 2.54. The van der Waals surface area contributed by atoms with Gasteiger partial charge in [-0.05, 0) is 54.5 Å². The molecule has 7 nitrogen and oxygen atoms in total. The smallest absolute Gasteiger partial charge is 0.225 e. The lowest BCUT2D eigenvalue weighted by molar-refractivity contribution is -0.130. The van der Waals surface area contributed by atoms with Gasteiger partial charge in [0.05, 0.1) is 5.57 Å². The van der Waals surface area contributed by atoms with Crippen molar-refractivity contribution in [1.82, 2.24) is 0 Å². The molecule has 2 aromatic rings. The number of phenols is 4. The lowest BCUT2D eigenvalue weighted by Crippen LogP contribution is -2.36. The molecule has 0 saturated heterocycles. The molecule has 146 valence electrons. The van der Waals surface area contributed by atoms with Crippen molar-refractivity contribution in [1.29, 1.82) is 0 Å². The molecule has 1 aliphatic carbocycles. The maximum atomic E-state index is 12.9. The summed E-state index contributed by atoms with van der Waals surface area (Å²) in [4.78, 5) is 25.2. The zero-order chi connectivity index (χ0) is 20.9. The van der Waals surface area contributed by atoms with Gasteiger partial charge in [-0.2, -0.15) is 0 Å². The van der Waals surface area contributed by atoms with Gasteiger partial charge in [-0.1, -0.05) is 12.1 Å². The first-order valence-corrected chi connectivity index (χ1v) is 8.67. The molecule has 0 aromatic heterocycles. The number of benzene rings is 2. The standard InChI is InChI=1S/C22H16O7/c1-11(23)15-7-13-8-19(26)20(27)10-16(13)22(15)21(28)9-14(29-22)4-2-12-3-5-17(24)18(25)6-12/h2-10,24-27H,1H3. The van der Waals surface area contributed by atoms with Crippen LogP contribution in [0, 0.1) is 0 Å². The molecule has 0 amide bonds. The highest BCUT2D eigenvalue weighted by atomic mass is 16.5. The first-order chi connectivity index (χ1) is 13.7. The monoisotopic (exact) mass is 392 g/mol. The predicted molar refractivity (Wildman–Crippen MR) is 103 cm³/mol. The van der Waals surface area contributed by atoms with Gasteiger partial charge >= 0.3 is 0 Å². The summed E-state index contributed by atoms with van der Waals surface area (Å²) < 4.78 is 5.92. The largest absolute Gasteiger partial charge is 0.504 e. The molecule has 1 aliphatic heterocycles. The van der Waals surface area contributed by atoms with Gasteiger partial charge in [-0.15, -0.1) is 0 Å². The SMILES string of the molecule is CC(=O)C1=Cc2cc(O)c(O)cc2C12OC(C=Cc1ccc(O)c(O)c1)=CC2=O. The number of phenolic OH excluding ortho intramolecular Hbond substituents is 4. The quantitative estimate of drug-likeness (QED) is 0.592. The average molecular weight is 392 g/mol. The number of allylic oxidation sites excluding steroid dienone is 1. The van der Waals surface area contributed by atoms with E-state index in [9.17, 15) is 30.0 Å². The molecule has 2 aromatic carbocycles. The van der Waals surface area contributed by atoms with Gasteiger partial charge in [0.2, 0.25) is 11.4 Å². The zero-order valence-corrected chi connectivity index (χ0v) is 15.2. The molecule has 0 fully saturated rings. The second-order valence-corrected chi connectivity index (χ2v) is 6.82. The van der Waals surface area contributed by atoms with Crippen LogP contribution in [0.3, 0.4) is 0 Å². The van der Waals surface area contributed by atoms with Gasteiger partial charge < -0.3 is 25.2 Å². The number of carbonyl (C=O) groups excluding carboxylic acids is 2. The molecule has 4 N–H and O–H groups in total. The number of fused-ring (bicyclic) bond motifs is 2. The van der Waals surface area contributed by atoms with E-state index < -0.39 is 17.1 Å². The molecule has 1 spiro atoms. The number of hydrogen-bond donors (Lipinski definition) is 4. The fraction of sp³-hybridized carbons (Fsp3) is 0.0909. The Kier molecular flexibility index (Phi) is 3.97. The van der Waals surface area contributed by atoms with Crippen LogP contribution in [-0.4, -0.2) is 32.0 Å². The van der Waals surface area contributed by atoms with Crippen LogP contribution in [0.1, 0.15) is 23.6 Å². The van der Waals surface area contributed by atoms with Crippen LogP contribution in [0.25, 0.3) is 12.2 Å². The Morgan fingerprint density at radius 2 is 1.62 bits per heavy atom. The van der Waals surface area contributed by atoms with Gasteiger partial charge in [-0.3, -0.25) is 9.59 Å². The van der Waals surface area contributed by atoms with Gasteiger partial charge in [0, 0.05) is 11.6 Å². The number of ether oxygens (including phenoxy) is 1. The van der Waals surface area contributed by atoms with Crippen molar-refractivity contribution in [2.24, 2.45) is 0 Å². The van der Waals surface area contributed by atoms with Crippen molar-refractivity contribution < 1.29 is 34.8 Å². The summed E-state index contributed by atoms with van der Waals surface area (Å²) in [6.45, 7) is 1.31. The molecule has 1 unspecified atom stereocenters. The second-order valence-electron chi connectivity index (χ2n) is 6.82. The van der Waals surface area contributed by atoms with Crippen LogP contribution < -0.4 is 0 Å². The summed E-state index contributed by atoms with van der Waals surface area (Å²) in [5.74, 6) is -2.04. The average Bonchev–Trinajstić information content (AvgIpc) is 3.15. The van der Waals surface area contributed by atoms with Gasteiger partial charge in [-0.25, -0.2) is 0 Å². The van der Waals surface area contributed by atoms with Crippen molar-refractivity contribution in [3.63, 3.8) is 0 Å². The van der Waals surface area contributed by atoms with E-state index >= 15 is 0 Å². The van der Waals surface area contributed by atoms with Crippen molar-refractivity contribution in [2.45, 2.75) is 12.5 Å². The Bertz CT molecular complexity index is 1170. The predicted octanol–water partition coefficient (Wildman–Crippen LogP) is 2.89. The number of hydrogen-bond acceptors (Lipinski definition) is 7. The highest BCUT2D eigenvalue weighted by Crippen LogP contribution is 2.51. The molecule has 2 aliphatic rings. The lowest BCUT2D eigenvalue weighted by Gasteiger charge is -2.27. The Labute approximate surface area is 165 Å². The normalized spacial score (nSPS) is 20.0. The third-order valence-corrected chi connectivity index (χ3v) is 4.92. The van der Waals surface area contributed by atoms with E-state index in [1.165, 1.54) is 49.4 Å². The molecule has 4 rings (SSSR count). The molecule has 1 heterocycles. The Morgan fingerprint density at radius 3 is 2.31 bits per heavy atom. The highest BCUT2D eigenvalue weighted by molar-refractivity contribution is 6.16. The van der Waals surface area contributed by atoms with Gasteiger partial charge in [0.1, 0.15) is 5.76 Å². The second kappa shape index (κ2) is 6.27. The maximum absolute atomic E-state index is 12.9.